The van der Waals surface area contributed by atoms with Crippen LogP contribution in [0.5, 0.6) is 5.75 Å². The summed E-state index contributed by atoms with van der Waals surface area (Å²) in [6.45, 7) is 16.0. The van der Waals surface area contributed by atoms with E-state index in [1.807, 2.05) is 60.6 Å². The highest BCUT2D eigenvalue weighted by atomic mass is 16.6. The number of ether oxygens (including phenoxy) is 3. The van der Waals surface area contributed by atoms with Gasteiger partial charge in [0.05, 0.1) is 19.6 Å². The van der Waals surface area contributed by atoms with Crippen LogP contribution >= 0.6 is 0 Å². The zero-order valence-electron chi connectivity index (χ0n) is 22.9. The largest absolute Gasteiger partial charge is 0.507 e. The van der Waals surface area contributed by atoms with Gasteiger partial charge in [0.2, 0.25) is 0 Å². The first kappa shape index (κ1) is 30.5. The van der Waals surface area contributed by atoms with E-state index in [1.165, 1.54) is 7.11 Å². The quantitative estimate of drug-likeness (QED) is 0.252. The van der Waals surface area contributed by atoms with E-state index in [1.54, 1.807) is 6.92 Å². The summed E-state index contributed by atoms with van der Waals surface area (Å²) in [5, 5.41) is 10.9. The summed E-state index contributed by atoms with van der Waals surface area (Å²) in [6.07, 6.45) is 0.801. The van der Waals surface area contributed by atoms with Gasteiger partial charge in [0.15, 0.2) is 6.10 Å². The summed E-state index contributed by atoms with van der Waals surface area (Å²) in [5.41, 5.74) is 1.98. The van der Waals surface area contributed by atoms with Crippen molar-refractivity contribution in [1.82, 2.24) is 0 Å². The molecular weight excluding hydrogens is 448 g/mol. The SMILES string of the molecule is CCCCOC(=O)C(CC(C)C(=O)OC)OC(=O)CCc1cc(C(C)(C)C)c(O)c(C(C)(C)C)c1. The van der Waals surface area contributed by atoms with Crippen molar-refractivity contribution in [3.05, 3.63) is 28.8 Å². The van der Waals surface area contributed by atoms with E-state index in [9.17, 15) is 19.5 Å². The predicted molar refractivity (Wildman–Crippen MR) is 135 cm³/mol. The average Bonchev–Trinajstić information content (AvgIpc) is 2.75. The van der Waals surface area contributed by atoms with Gasteiger partial charge < -0.3 is 19.3 Å². The summed E-state index contributed by atoms with van der Waals surface area (Å²) in [7, 11) is 1.27. The summed E-state index contributed by atoms with van der Waals surface area (Å²) < 4.78 is 15.5. The number of phenolic OH excluding ortho intramolecular Hbond substituents is 1. The predicted octanol–water partition coefficient (Wildman–Crippen LogP) is 5.37. The maximum absolute atomic E-state index is 12.7. The number of phenols is 1. The van der Waals surface area contributed by atoms with Gasteiger partial charge in [-0.1, -0.05) is 73.9 Å². The fourth-order valence-corrected chi connectivity index (χ4v) is 3.67. The first-order chi connectivity index (χ1) is 16.1. The van der Waals surface area contributed by atoms with E-state index in [0.717, 1.165) is 23.1 Å². The smallest absolute Gasteiger partial charge is 0.347 e. The Hall–Kier alpha value is -2.57. The number of methoxy groups -OCH3 is 1. The van der Waals surface area contributed by atoms with Gasteiger partial charge in [0.25, 0.3) is 0 Å². The molecule has 0 spiro atoms. The van der Waals surface area contributed by atoms with Crippen molar-refractivity contribution in [2.24, 2.45) is 5.92 Å². The zero-order chi connectivity index (χ0) is 27.0. The Morgan fingerprint density at radius 2 is 1.51 bits per heavy atom. The second-order valence-corrected chi connectivity index (χ2v) is 11.2. The molecule has 0 amide bonds. The molecule has 0 saturated heterocycles. The number of hydrogen-bond acceptors (Lipinski definition) is 7. The van der Waals surface area contributed by atoms with Gasteiger partial charge in [-0.25, -0.2) is 4.79 Å². The Bertz CT molecular complexity index is 839. The average molecular weight is 493 g/mol. The van der Waals surface area contributed by atoms with Gasteiger partial charge in [-0.3, -0.25) is 9.59 Å². The van der Waals surface area contributed by atoms with E-state index in [2.05, 4.69) is 0 Å². The van der Waals surface area contributed by atoms with Gasteiger partial charge in [0, 0.05) is 12.8 Å². The number of benzene rings is 1. The molecule has 198 valence electrons. The molecular formula is C28H44O7. The molecule has 0 radical (unpaired) electrons. The molecule has 1 rings (SSSR count). The van der Waals surface area contributed by atoms with Crippen LogP contribution in [-0.4, -0.2) is 42.8 Å². The highest BCUT2D eigenvalue weighted by molar-refractivity contribution is 5.81. The van der Waals surface area contributed by atoms with Crippen molar-refractivity contribution in [3.63, 3.8) is 0 Å². The van der Waals surface area contributed by atoms with Crippen LogP contribution in [-0.2, 0) is 45.8 Å². The molecule has 1 aromatic rings. The number of rotatable bonds is 11. The maximum Gasteiger partial charge on any atom is 0.347 e. The molecule has 1 aromatic carbocycles. The Morgan fingerprint density at radius 3 is 1.97 bits per heavy atom. The summed E-state index contributed by atoms with van der Waals surface area (Å²) in [4.78, 5) is 37.1. The molecule has 0 aliphatic rings. The minimum atomic E-state index is -1.18. The van der Waals surface area contributed by atoms with E-state index in [4.69, 9.17) is 14.2 Å². The second-order valence-electron chi connectivity index (χ2n) is 11.2. The van der Waals surface area contributed by atoms with Crippen LogP contribution < -0.4 is 0 Å². The molecule has 7 heteroatoms. The first-order valence-electron chi connectivity index (χ1n) is 12.4. The molecule has 35 heavy (non-hydrogen) atoms. The monoisotopic (exact) mass is 492 g/mol. The summed E-state index contributed by atoms with van der Waals surface area (Å²) >= 11 is 0. The van der Waals surface area contributed by atoms with Crippen molar-refractivity contribution >= 4 is 17.9 Å². The minimum Gasteiger partial charge on any atom is -0.507 e. The summed E-state index contributed by atoms with van der Waals surface area (Å²) in [5.74, 6) is -2.04. The lowest BCUT2D eigenvalue weighted by Gasteiger charge is -2.28. The van der Waals surface area contributed by atoms with Crippen LogP contribution in [0.3, 0.4) is 0 Å². The molecule has 0 aliphatic carbocycles. The molecule has 1 N–H and O–H groups in total. The lowest BCUT2D eigenvalue weighted by molar-refractivity contribution is -0.170. The first-order valence-corrected chi connectivity index (χ1v) is 12.4. The third-order valence-electron chi connectivity index (χ3n) is 5.85. The van der Waals surface area contributed by atoms with Crippen molar-refractivity contribution in [1.29, 1.82) is 0 Å². The van der Waals surface area contributed by atoms with Crippen molar-refractivity contribution in [2.45, 2.75) is 104 Å². The van der Waals surface area contributed by atoms with Crippen LogP contribution in [0.2, 0.25) is 0 Å². The molecule has 0 saturated carbocycles. The molecule has 2 atom stereocenters. The topological polar surface area (TPSA) is 99.1 Å². The van der Waals surface area contributed by atoms with Crippen LogP contribution in [0.15, 0.2) is 12.1 Å². The number of unbranched alkanes of at least 4 members (excludes halogenated alkanes) is 1. The molecule has 0 aromatic heterocycles. The number of carbonyl (C=O) groups excluding carboxylic acids is 3. The van der Waals surface area contributed by atoms with E-state index in [0.29, 0.717) is 12.8 Å². The highest BCUT2D eigenvalue weighted by Crippen LogP contribution is 2.40. The van der Waals surface area contributed by atoms with E-state index in [-0.39, 0.29) is 36.0 Å². The molecule has 0 bridgehead atoms. The fourth-order valence-electron chi connectivity index (χ4n) is 3.67. The number of aromatic hydroxyl groups is 1. The lowest BCUT2D eigenvalue weighted by atomic mass is 9.78. The van der Waals surface area contributed by atoms with E-state index < -0.39 is 29.9 Å². The highest BCUT2D eigenvalue weighted by Gasteiger charge is 2.30. The van der Waals surface area contributed by atoms with Crippen LogP contribution in [0.4, 0.5) is 0 Å². The number of hydrogen-bond donors (Lipinski definition) is 1. The Labute approximate surface area is 210 Å². The standard InChI is InChI=1S/C28H44O7/c1-10-11-14-34-26(32)22(15-18(2)25(31)33-9)35-23(29)13-12-19-16-20(27(3,4)5)24(30)21(17-19)28(6,7)8/h16-18,22,30H,10-15H2,1-9H3. The fraction of sp³-hybridized carbons (Fsp3) is 0.679. The van der Waals surface area contributed by atoms with Gasteiger partial charge in [-0.2, -0.15) is 0 Å². The Morgan fingerprint density at radius 1 is 0.971 bits per heavy atom. The number of carbonyl (C=O) groups is 3. The third kappa shape index (κ3) is 9.54. The van der Waals surface area contributed by atoms with Crippen molar-refractivity contribution in [2.75, 3.05) is 13.7 Å². The number of esters is 3. The van der Waals surface area contributed by atoms with Crippen LogP contribution in [0.25, 0.3) is 0 Å². The Kier molecular flexibility index (Phi) is 11.3. The second kappa shape index (κ2) is 12.9. The number of aryl methyl sites for hydroxylation is 1. The van der Waals surface area contributed by atoms with E-state index >= 15 is 0 Å². The third-order valence-corrected chi connectivity index (χ3v) is 5.85. The molecule has 0 aliphatic heterocycles. The van der Waals surface area contributed by atoms with Crippen LogP contribution in [0.1, 0.15) is 97.8 Å². The van der Waals surface area contributed by atoms with Crippen molar-refractivity contribution < 1.29 is 33.7 Å². The van der Waals surface area contributed by atoms with Crippen LogP contribution in [0, 0.1) is 5.92 Å². The molecule has 2 unspecified atom stereocenters. The van der Waals surface area contributed by atoms with Gasteiger partial charge in [-0.05, 0) is 40.4 Å². The summed E-state index contributed by atoms with van der Waals surface area (Å²) in [6, 6.07) is 3.85. The molecule has 0 heterocycles. The van der Waals surface area contributed by atoms with Gasteiger partial charge >= 0.3 is 17.9 Å². The zero-order valence-corrected chi connectivity index (χ0v) is 22.9. The van der Waals surface area contributed by atoms with Crippen molar-refractivity contribution in [3.8, 4) is 5.75 Å². The lowest BCUT2D eigenvalue weighted by Crippen LogP contribution is -2.33. The molecule has 0 fully saturated rings. The van der Waals surface area contributed by atoms with Gasteiger partial charge in [0.1, 0.15) is 5.75 Å². The molecule has 7 nitrogen and oxygen atoms in total. The normalized spacial score (nSPS) is 13.6. The Balaban J connectivity index is 3.04. The minimum absolute atomic E-state index is 0.00900. The van der Waals surface area contributed by atoms with Gasteiger partial charge in [-0.15, -0.1) is 0 Å². The maximum atomic E-state index is 12.7.